The van der Waals surface area contributed by atoms with Crippen molar-refractivity contribution in [2.24, 2.45) is 0 Å². The Labute approximate surface area is 154 Å². The van der Waals surface area contributed by atoms with Crippen molar-refractivity contribution in [3.63, 3.8) is 0 Å². The molecule has 0 saturated carbocycles. The van der Waals surface area contributed by atoms with Gasteiger partial charge in [0.15, 0.2) is 17.2 Å². The molecule has 2 aliphatic heterocycles. The van der Waals surface area contributed by atoms with E-state index in [1.165, 1.54) is 6.33 Å². The summed E-state index contributed by atoms with van der Waals surface area (Å²) in [5.74, 6) is 1.56. The van der Waals surface area contributed by atoms with E-state index in [2.05, 4.69) is 25.3 Å². The number of hydrogen-bond donors (Lipinski definition) is 1. The summed E-state index contributed by atoms with van der Waals surface area (Å²) >= 11 is 0. The van der Waals surface area contributed by atoms with Gasteiger partial charge in [0.25, 0.3) is 11.6 Å². The molecule has 138 valence electrons. The first-order chi connectivity index (χ1) is 13.3. The molecule has 1 N–H and O–H groups in total. The first kappa shape index (κ1) is 15.9. The number of amides is 1. The highest BCUT2D eigenvalue weighted by atomic mass is 16.6. The summed E-state index contributed by atoms with van der Waals surface area (Å²) in [4.78, 5) is 23.4. The molecular formula is C18H17N5O4. The summed E-state index contributed by atoms with van der Waals surface area (Å²) in [5.41, 5.74) is 1.06. The van der Waals surface area contributed by atoms with Gasteiger partial charge < -0.3 is 24.2 Å². The fourth-order valence-electron chi connectivity index (χ4n) is 3.41. The molecular weight excluding hydrogens is 350 g/mol. The third-order valence-corrected chi connectivity index (χ3v) is 4.67. The molecule has 1 saturated heterocycles. The minimum absolute atomic E-state index is 0.169. The largest absolute Gasteiger partial charge is 0.486 e. The normalized spacial score (nSPS) is 15.9. The van der Waals surface area contributed by atoms with Gasteiger partial charge in [0.05, 0.1) is 0 Å². The van der Waals surface area contributed by atoms with Gasteiger partial charge in [0.1, 0.15) is 30.7 Å². The summed E-state index contributed by atoms with van der Waals surface area (Å²) in [7, 11) is 0. The van der Waals surface area contributed by atoms with Gasteiger partial charge >= 0.3 is 0 Å². The molecule has 0 radical (unpaired) electrons. The van der Waals surface area contributed by atoms with Crippen molar-refractivity contribution in [3.05, 3.63) is 30.2 Å². The quantitative estimate of drug-likeness (QED) is 0.752. The van der Waals surface area contributed by atoms with E-state index in [-0.39, 0.29) is 11.6 Å². The number of nitrogens with zero attached hydrogens (tertiary/aromatic N) is 4. The van der Waals surface area contributed by atoms with Crippen molar-refractivity contribution in [2.75, 3.05) is 36.5 Å². The third kappa shape index (κ3) is 2.80. The molecule has 5 rings (SSSR count). The number of fused-ring (bicyclic) bond motifs is 2. The molecule has 0 aliphatic carbocycles. The molecule has 1 amide bonds. The molecule has 27 heavy (non-hydrogen) atoms. The van der Waals surface area contributed by atoms with E-state index in [4.69, 9.17) is 14.0 Å². The van der Waals surface area contributed by atoms with Gasteiger partial charge in [-0.2, -0.15) is 4.98 Å². The second kappa shape index (κ2) is 6.42. The number of nitrogens with one attached hydrogen (secondary N) is 1. The SMILES string of the molecule is O=C(Nc1ccc2c(c1)OCCO2)c1noc2ncnc(N3CCCC3)c12. The monoisotopic (exact) mass is 367 g/mol. The first-order valence-electron chi connectivity index (χ1n) is 8.86. The van der Waals surface area contributed by atoms with Gasteiger partial charge in [-0.25, -0.2) is 4.98 Å². The Balaban J connectivity index is 1.47. The molecule has 1 fully saturated rings. The molecule has 1 aromatic carbocycles. The number of ether oxygens (including phenoxy) is 2. The average molecular weight is 367 g/mol. The molecule has 3 aromatic rings. The van der Waals surface area contributed by atoms with Crippen LogP contribution < -0.4 is 19.7 Å². The van der Waals surface area contributed by atoms with Crippen molar-refractivity contribution in [1.29, 1.82) is 0 Å². The van der Waals surface area contributed by atoms with E-state index < -0.39 is 0 Å². The highest BCUT2D eigenvalue weighted by molar-refractivity contribution is 6.12. The van der Waals surface area contributed by atoms with E-state index in [1.807, 2.05) is 0 Å². The van der Waals surface area contributed by atoms with Crippen LogP contribution in [0.5, 0.6) is 11.5 Å². The lowest BCUT2D eigenvalue weighted by molar-refractivity contribution is 0.102. The lowest BCUT2D eigenvalue weighted by Crippen LogP contribution is -2.21. The highest BCUT2D eigenvalue weighted by Gasteiger charge is 2.25. The lowest BCUT2D eigenvalue weighted by atomic mass is 10.2. The van der Waals surface area contributed by atoms with Gasteiger partial charge in [0.2, 0.25) is 0 Å². The first-order valence-corrected chi connectivity index (χ1v) is 8.86. The number of hydrogen-bond acceptors (Lipinski definition) is 8. The number of benzene rings is 1. The second-order valence-electron chi connectivity index (χ2n) is 6.42. The van der Waals surface area contributed by atoms with E-state index in [9.17, 15) is 4.79 Å². The zero-order valence-electron chi connectivity index (χ0n) is 14.5. The Morgan fingerprint density at radius 3 is 2.74 bits per heavy atom. The topological polar surface area (TPSA) is 103 Å². The van der Waals surface area contributed by atoms with Crippen LogP contribution in [0.3, 0.4) is 0 Å². The van der Waals surface area contributed by atoms with E-state index in [0.29, 0.717) is 47.3 Å². The minimum atomic E-state index is -0.388. The Kier molecular flexibility index (Phi) is 3.77. The summed E-state index contributed by atoms with van der Waals surface area (Å²) < 4.78 is 16.3. The van der Waals surface area contributed by atoms with Crippen molar-refractivity contribution in [3.8, 4) is 11.5 Å². The zero-order chi connectivity index (χ0) is 18.2. The van der Waals surface area contributed by atoms with Crippen LogP contribution >= 0.6 is 0 Å². The fourth-order valence-corrected chi connectivity index (χ4v) is 3.41. The predicted molar refractivity (Wildman–Crippen MR) is 96.4 cm³/mol. The lowest BCUT2D eigenvalue weighted by Gasteiger charge is -2.19. The van der Waals surface area contributed by atoms with E-state index >= 15 is 0 Å². The Bertz CT molecular complexity index is 1010. The number of aromatic nitrogens is 3. The van der Waals surface area contributed by atoms with Crippen LogP contribution in [0.15, 0.2) is 29.0 Å². The summed E-state index contributed by atoms with van der Waals surface area (Å²) in [5, 5.41) is 7.31. The van der Waals surface area contributed by atoms with Crippen LogP contribution in [-0.4, -0.2) is 47.3 Å². The maximum Gasteiger partial charge on any atom is 0.278 e. The predicted octanol–water partition coefficient (Wildman–Crippen LogP) is 2.24. The van der Waals surface area contributed by atoms with Crippen molar-refractivity contribution >= 4 is 28.5 Å². The van der Waals surface area contributed by atoms with Crippen LogP contribution in [-0.2, 0) is 0 Å². The summed E-state index contributed by atoms with van der Waals surface area (Å²) in [6, 6.07) is 5.25. The molecule has 0 spiro atoms. The van der Waals surface area contributed by atoms with Gasteiger partial charge in [-0.1, -0.05) is 5.16 Å². The molecule has 2 aromatic heterocycles. The highest BCUT2D eigenvalue weighted by Crippen LogP contribution is 2.33. The van der Waals surface area contributed by atoms with Crippen molar-refractivity contribution in [2.45, 2.75) is 12.8 Å². The number of anilines is 2. The van der Waals surface area contributed by atoms with Gasteiger partial charge in [-0.3, -0.25) is 4.79 Å². The Hall–Kier alpha value is -3.36. The Morgan fingerprint density at radius 2 is 1.89 bits per heavy atom. The fraction of sp³-hybridized carbons (Fsp3) is 0.333. The molecule has 0 atom stereocenters. The average Bonchev–Trinajstić information content (AvgIpc) is 3.37. The van der Waals surface area contributed by atoms with Crippen LogP contribution in [0.2, 0.25) is 0 Å². The number of rotatable bonds is 3. The van der Waals surface area contributed by atoms with Crippen LogP contribution in [0.4, 0.5) is 11.5 Å². The molecule has 9 heteroatoms. The standard InChI is InChI=1S/C18H17N5O4/c24-17(21-11-3-4-12-13(9-11)26-8-7-25-12)15-14-16(23-5-1-2-6-23)19-10-20-18(14)27-22-15/h3-4,9-10H,1-2,5-8H2,(H,21,24). The summed E-state index contributed by atoms with van der Waals surface area (Å²) in [6.07, 6.45) is 3.62. The molecule has 0 bridgehead atoms. The van der Waals surface area contributed by atoms with Crippen LogP contribution in [0, 0.1) is 0 Å². The molecule has 0 unspecified atom stereocenters. The zero-order valence-corrected chi connectivity index (χ0v) is 14.5. The summed E-state index contributed by atoms with van der Waals surface area (Å²) in [6.45, 7) is 2.78. The second-order valence-corrected chi connectivity index (χ2v) is 6.42. The number of carbonyl (C=O) groups is 1. The number of carbonyl (C=O) groups excluding carboxylic acids is 1. The molecule has 4 heterocycles. The van der Waals surface area contributed by atoms with Gasteiger partial charge in [-0.15, -0.1) is 0 Å². The molecule has 2 aliphatic rings. The Morgan fingerprint density at radius 1 is 1.07 bits per heavy atom. The van der Waals surface area contributed by atoms with Gasteiger partial charge in [-0.05, 0) is 25.0 Å². The van der Waals surface area contributed by atoms with Crippen LogP contribution in [0.25, 0.3) is 11.1 Å². The van der Waals surface area contributed by atoms with E-state index in [0.717, 1.165) is 25.9 Å². The van der Waals surface area contributed by atoms with Gasteiger partial charge in [0, 0.05) is 24.8 Å². The van der Waals surface area contributed by atoms with E-state index in [1.54, 1.807) is 18.2 Å². The van der Waals surface area contributed by atoms with Crippen molar-refractivity contribution in [1.82, 2.24) is 15.1 Å². The smallest absolute Gasteiger partial charge is 0.278 e. The van der Waals surface area contributed by atoms with Crippen molar-refractivity contribution < 1.29 is 18.8 Å². The maximum atomic E-state index is 12.8. The van der Waals surface area contributed by atoms with Crippen LogP contribution in [0.1, 0.15) is 23.3 Å². The minimum Gasteiger partial charge on any atom is -0.486 e. The maximum absolute atomic E-state index is 12.8. The third-order valence-electron chi connectivity index (χ3n) is 4.67. The molecule has 9 nitrogen and oxygen atoms in total.